The number of phosphoric ester groups is 1. The van der Waals surface area contributed by atoms with Gasteiger partial charge in [0.1, 0.15) is 19.8 Å². The summed E-state index contributed by atoms with van der Waals surface area (Å²) in [6, 6.07) is 0. The molecule has 1 aliphatic heterocycles. The molecule has 1 aliphatic rings. The molecule has 0 aromatic carbocycles. The summed E-state index contributed by atoms with van der Waals surface area (Å²) < 4.78 is 40.0. The number of likely N-dealkylation sites (N-methyl/N-ethyl adjacent to an activating group) is 1. The molecule has 330 valence electrons. The first-order valence-electron chi connectivity index (χ1n) is 22.5. The highest BCUT2D eigenvalue weighted by molar-refractivity contribution is 7.47. The van der Waals surface area contributed by atoms with Crippen molar-refractivity contribution in [3.63, 3.8) is 0 Å². The third-order valence-corrected chi connectivity index (χ3v) is 10.7. The lowest BCUT2D eigenvalue weighted by molar-refractivity contribution is -0.870. The Kier molecular flexibility index (Phi) is 32.3. The highest BCUT2D eigenvalue weighted by atomic mass is 31.2. The van der Waals surface area contributed by atoms with E-state index >= 15 is 0 Å². The van der Waals surface area contributed by atoms with E-state index in [4.69, 9.17) is 23.3 Å². The lowest BCUT2D eigenvalue weighted by Gasteiger charge is -2.24. The van der Waals surface area contributed by atoms with E-state index in [-0.39, 0.29) is 26.1 Å². The molecule has 11 heteroatoms. The summed E-state index contributed by atoms with van der Waals surface area (Å²) in [6.45, 7) is 4.30. The van der Waals surface area contributed by atoms with Gasteiger partial charge in [-0.1, -0.05) is 133 Å². The van der Waals surface area contributed by atoms with Crippen molar-refractivity contribution in [2.24, 2.45) is 0 Å². The molecule has 1 rings (SSSR count). The molecule has 0 amide bonds. The zero-order chi connectivity index (χ0) is 41.9. The Morgan fingerprint density at radius 2 is 1.19 bits per heavy atom. The van der Waals surface area contributed by atoms with Crippen LogP contribution in [-0.4, -0.2) is 87.1 Å². The van der Waals surface area contributed by atoms with Crippen molar-refractivity contribution in [2.75, 3.05) is 47.5 Å². The number of phosphoric acid groups is 1. The molecule has 1 fully saturated rings. The highest BCUT2D eigenvalue weighted by Crippen LogP contribution is 2.43. The van der Waals surface area contributed by atoms with Crippen molar-refractivity contribution in [1.82, 2.24) is 0 Å². The van der Waals surface area contributed by atoms with Gasteiger partial charge in [0.05, 0.1) is 40.0 Å². The standard InChI is InChI=1S/C46H82NO9P/c1-6-8-10-11-12-13-14-15-16-17-18-23-26-29-33-37-46(49)55-42(41-54-57(50,51)53-39-38-47(3,4)5)40-52-45(48)36-32-28-25-22-20-19-21-24-27-31-35-44-43(56-44)34-30-9-7-2/h13-14,19,21-22,25,27,31,42-44H,6-12,15-18,20,23-24,26,28-30,32-41H2,1-5H3/p+1/b14-13-,21-19-,25-22-,31-27-/t42-,43?,44?/m1/s1. The summed E-state index contributed by atoms with van der Waals surface area (Å²) >= 11 is 0. The van der Waals surface area contributed by atoms with E-state index in [1.807, 2.05) is 21.1 Å². The van der Waals surface area contributed by atoms with Crippen LogP contribution in [0.3, 0.4) is 0 Å². The largest absolute Gasteiger partial charge is 0.472 e. The Hall–Kier alpha value is -2.07. The van der Waals surface area contributed by atoms with Gasteiger partial charge in [-0.15, -0.1) is 0 Å². The first-order valence-corrected chi connectivity index (χ1v) is 24.0. The number of esters is 2. The van der Waals surface area contributed by atoms with Crippen LogP contribution in [0.4, 0.5) is 0 Å². The van der Waals surface area contributed by atoms with Gasteiger partial charge < -0.3 is 23.6 Å². The van der Waals surface area contributed by atoms with Gasteiger partial charge in [0.25, 0.3) is 0 Å². The third-order valence-electron chi connectivity index (χ3n) is 9.76. The normalized spacial score (nSPS) is 17.6. The van der Waals surface area contributed by atoms with Crippen molar-refractivity contribution in [3.05, 3.63) is 48.6 Å². The molecule has 1 N–H and O–H groups in total. The Balaban J connectivity index is 2.31. The molecule has 10 nitrogen and oxygen atoms in total. The molecule has 1 saturated heterocycles. The second-order valence-corrected chi connectivity index (χ2v) is 17.9. The molecule has 57 heavy (non-hydrogen) atoms. The van der Waals surface area contributed by atoms with Crippen LogP contribution in [0, 0.1) is 0 Å². The van der Waals surface area contributed by atoms with Crippen LogP contribution >= 0.6 is 7.82 Å². The van der Waals surface area contributed by atoms with Crippen LogP contribution in [-0.2, 0) is 37.4 Å². The van der Waals surface area contributed by atoms with Crippen molar-refractivity contribution in [1.29, 1.82) is 0 Å². The van der Waals surface area contributed by atoms with E-state index in [1.165, 1.54) is 77.0 Å². The highest BCUT2D eigenvalue weighted by Gasteiger charge is 2.36. The van der Waals surface area contributed by atoms with E-state index in [1.54, 1.807) is 0 Å². The second-order valence-electron chi connectivity index (χ2n) is 16.5. The van der Waals surface area contributed by atoms with Crippen LogP contribution in [0.1, 0.15) is 168 Å². The quantitative estimate of drug-likeness (QED) is 0.0161. The number of hydrogen-bond donors (Lipinski definition) is 1. The predicted octanol–water partition coefficient (Wildman–Crippen LogP) is 11.7. The summed E-state index contributed by atoms with van der Waals surface area (Å²) in [5.41, 5.74) is 0. The van der Waals surface area contributed by atoms with Gasteiger partial charge in [-0.2, -0.15) is 0 Å². The first kappa shape index (κ1) is 52.9. The number of quaternary nitrogens is 1. The SMILES string of the molecule is CCCCCC/C=C\CCCCCCCCCC(=O)O[C@H](COC(=O)CCC/C=C\C/C=C\C/C=C\CC1OC1CCCCC)COP(=O)(O)OCC[N+](C)(C)C. The number of ether oxygens (including phenoxy) is 3. The fourth-order valence-electron chi connectivity index (χ4n) is 6.09. The summed E-state index contributed by atoms with van der Waals surface area (Å²) in [7, 11) is 1.43. The molecule has 0 aromatic rings. The molecule has 4 atom stereocenters. The number of rotatable bonds is 39. The average molecular weight is 825 g/mol. The smallest absolute Gasteiger partial charge is 0.462 e. The van der Waals surface area contributed by atoms with Crippen LogP contribution in [0.5, 0.6) is 0 Å². The maximum Gasteiger partial charge on any atom is 0.472 e. The Morgan fingerprint density at radius 3 is 1.86 bits per heavy atom. The minimum Gasteiger partial charge on any atom is -0.462 e. The van der Waals surface area contributed by atoms with Crippen molar-refractivity contribution < 1.29 is 46.8 Å². The van der Waals surface area contributed by atoms with Gasteiger partial charge in [0.2, 0.25) is 0 Å². The Labute approximate surface area is 348 Å². The van der Waals surface area contributed by atoms with Crippen LogP contribution < -0.4 is 0 Å². The van der Waals surface area contributed by atoms with Gasteiger partial charge >= 0.3 is 19.8 Å². The fraction of sp³-hybridized carbons (Fsp3) is 0.783. The maximum absolute atomic E-state index is 12.7. The van der Waals surface area contributed by atoms with Gasteiger partial charge in [0, 0.05) is 12.8 Å². The minimum atomic E-state index is -4.39. The molecule has 0 bridgehead atoms. The summed E-state index contributed by atoms with van der Waals surface area (Å²) in [5.74, 6) is -0.876. The van der Waals surface area contributed by atoms with E-state index in [0.717, 1.165) is 51.4 Å². The third kappa shape index (κ3) is 35.6. The molecule has 0 radical (unpaired) electrons. The van der Waals surface area contributed by atoms with E-state index in [0.29, 0.717) is 36.1 Å². The Bertz CT molecular complexity index is 1180. The predicted molar refractivity (Wildman–Crippen MR) is 233 cm³/mol. The lowest BCUT2D eigenvalue weighted by atomic mass is 10.1. The zero-order valence-corrected chi connectivity index (χ0v) is 37.7. The van der Waals surface area contributed by atoms with Crippen molar-refractivity contribution >= 4 is 19.8 Å². The topological polar surface area (TPSA) is 121 Å². The van der Waals surface area contributed by atoms with E-state index in [9.17, 15) is 19.0 Å². The van der Waals surface area contributed by atoms with Crippen molar-refractivity contribution in [3.8, 4) is 0 Å². The Morgan fingerprint density at radius 1 is 0.649 bits per heavy atom. The molecule has 3 unspecified atom stereocenters. The van der Waals surface area contributed by atoms with Gasteiger partial charge in [0.15, 0.2) is 6.10 Å². The zero-order valence-electron chi connectivity index (χ0n) is 36.8. The molecular formula is C46H83NO9P+. The number of unbranched alkanes of at least 4 members (excludes halogenated alkanes) is 14. The van der Waals surface area contributed by atoms with Crippen LogP contribution in [0.2, 0.25) is 0 Å². The van der Waals surface area contributed by atoms with Crippen LogP contribution in [0.15, 0.2) is 48.6 Å². The molecule has 0 aromatic heterocycles. The number of epoxide rings is 1. The monoisotopic (exact) mass is 825 g/mol. The average Bonchev–Trinajstić information content (AvgIpc) is 3.91. The van der Waals surface area contributed by atoms with E-state index < -0.39 is 32.5 Å². The molecule has 0 aliphatic carbocycles. The summed E-state index contributed by atoms with van der Waals surface area (Å²) in [4.78, 5) is 35.4. The van der Waals surface area contributed by atoms with Gasteiger partial charge in [-0.05, 0) is 70.6 Å². The summed E-state index contributed by atoms with van der Waals surface area (Å²) in [6.07, 6.45) is 41.9. The number of carbonyl (C=O) groups is 2. The number of hydrogen-bond acceptors (Lipinski definition) is 8. The molecule has 0 saturated carbocycles. The van der Waals surface area contributed by atoms with E-state index in [2.05, 4.69) is 62.5 Å². The van der Waals surface area contributed by atoms with Crippen molar-refractivity contribution in [2.45, 2.75) is 186 Å². The summed E-state index contributed by atoms with van der Waals surface area (Å²) in [5, 5.41) is 0. The number of allylic oxidation sites excluding steroid dienone is 7. The first-order chi connectivity index (χ1) is 27.5. The molecule has 1 heterocycles. The second kappa shape index (κ2) is 34.8. The molecule has 0 spiro atoms. The van der Waals surface area contributed by atoms with Gasteiger partial charge in [-0.3, -0.25) is 18.6 Å². The minimum absolute atomic E-state index is 0.0191. The fourth-order valence-corrected chi connectivity index (χ4v) is 6.84. The van der Waals surface area contributed by atoms with Crippen LogP contribution in [0.25, 0.3) is 0 Å². The maximum atomic E-state index is 12.7. The van der Waals surface area contributed by atoms with Gasteiger partial charge in [-0.25, -0.2) is 4.57 Å². The number of nitrogens with zero attached hydrogens (tertiary/aromatic N) is 1. The molecular weight excluding hydrogens is 741 g/mol. The number of carbonyl (C=O) groups excluding carboxylic acids is 2. The lowest BCUT2D eigenvalue weighted by Crippen LogP contribution is -2.37.